The highest BCUT2D eigenvalue weighted by Gasteiger charge is 2.20. The van der Waals surface area contributed by atoms with E-state index < -0.39 is 6.04 Å². The van der Waals surface area contributed by atoms with E-state index in [1.807, 2.05) is 54.9 Å². The first kappa shape index (κ1) is 26.8. The van der Waals surface area contributed by atoms with Gasteiger partial charge in [-0.15, -0.1) is 10.2 Å². The Morgan fingerprint density at radius 1 is 0.976 bits per heavy atom. The fraction of sp³-hybridized carbons (Fsp3) is 0.200. The number of fused-ring (bicyclic) bond motifs is 1. The number of benzene rings is 1. The first-order valence-corrected chi connectivity index (χ1v) is 13.4. The Morgan fingerprint density at radius 3 is 2.52 bits per heavy atom. The molecular formula is C30H29N9O3. The van der Waals surface area contributed by atoms with Crippen molar-refractivity contribution in [3.63, 3.8) is 0 Å². The zero-order chi connectivity index (χ0) is 29.2. The van der Waals surface area contributed by atoms with Gasteiger partial charge >= 0.3 is 0 Å². The second-order valence-corrected chi connectivity index (χ2v) is 10.0. The summed E-state index contributed by atoms with van der Waals surface area (Å²) in [7, 11) is 1.73. The van der Waals surface area contributed by atoms with Crippen LogP contribution in [0.2, 0.25) is 0 Å². The number of nitrogens with one attached hydrogen (secondary N) is 2. The molecule has 1 aromatic carbocycles. The zero-order valence-corrected chi connectivity index (χ0v) is 23.3. The smallest absolute Gasteiger partial charge is 0.275 e. The fourth-order valence-electron chi connectivity index (χ4n) is 4.86. The van der Waals surface area contributed by atoms with Crippen molar-refractivity contribution in [2.24, 2.45) is 7.05 Å². The summed E-state index contributed by atoms with van der Waals surface area (Å²) in [4.78, 5) is 26.1. The van der Waals surface area contributed by atoms with Crippen molar-refractivity contribution >= 4 is 28.4 Å². The van der Waals surface area contributed by atoms with Crippen molar-refractivity contribution in [3.05, 3.63) is 95.2 Å². The third kappa shape index (κ3) is 5.10. The van der Waals surface area contributed by atoms with Gasteiger partial charge in [0, 0.05) is 37.7 Å². The zero-order valence-electron chi connectivity index (χ0n) is 23.3. The molecule has 6 aromatic rings. The summed E-state index contributed by atoms with van der Waals surface area (Å²) in [5.41, 5.74) is 3.23. The van der Waals surface area contributed by atoms with Crippen LogP contribution in [-0.4, -0.2) is 46.2 Å². The third-order valence-electron chi connectivity index (χ3n) is 6.87. The molecule has 0 amide bonds. The van der Waals surface area contributed by atoms with Crippen molar-refractivity contribution in [3.8, 4) is 22.9 Å². The fourth-order valence-corrected chi connectivity index (χ4v) is 4.86. The van der Waals surface area contributed by atoms with Crippen molar-refractivity contribution in [1.82, 2.24) is 34.5 Å². The van der Waals surface area contributed by atoms with Crippen LogP contribution in [0, 0.1) is 0 Å². The molecule has 0 aliphatic carbocycles. The SMILES string of the molecule is CC(C)n1c2nc(Nc3cc(N[C@H](CO)c4ccccc4)c(-c4nnc(-c5cccnc5)o4)cn3)ccc2c(=O)n1C. The van der Waals surface area contributed by atoms with Gasteiger partial charge in [-0.25, -0.2) is 9.97 Å². The molecule has 0 aliphatic rings. The molecule has 5 heterocycles. The van der Waals surface area contributed by atoms with Gasteiger partial charge in [-0.3, -0.25) is 19.1 Å². The normalized spacial score (nSPS) is 12.1. The highest BCUT2D eigenvalue weighted by atomic mass is 16.4. The number of hydrogen-bond donors (Lipinski definition) is 3. The number of anilines is 3. The average molecular weight is 564 g/mol. The highest BCUT2D eigenvalue weighted by Crippen LogP contribution is 2.33. The summed E-state index contributed by atoms with van der Waals surface area (Å²) in [5.74, 6) is 1.58. The second kappa shape index (κ2) is 11.3. The molecule has 0 saturated carbocycles. The predicted molar refractivity (Wildman–Crippen MR) is 159 cm³/mol. The molecule has 0 spiro atoms. The van der Waals surface area contributed by atoms with Crippen LogP contribution in [0.1, 0.15) is 31.5 Å². The maximum absolute atomic E-state index is 12.7. The van der Waals surface area contributed by atoms with Crippen LogP contribution < -0.4 is 16.2 Å². The van der Waals surface area contributed by atoms with E-state index in [1.165, 1.54) is 0 Å². The number of nitrogens with zero attached hydrogens (tertiary/aromatic N) is 7. The van der Waals surface area contributed by atoms with Crippen LogP contribution in [0.4, 0.5) is 17.3 Å². The second-order valence-electron chi connectivity index (χ2n) is 10.0. The topological polar surface area (TPSA) is 149 Å². The lowest BCUT2D eigenvalue weighted by Crippen LogP contribution is -2.20. The van der Waals surface area contributed by atoms with E-state index in [2.05, 4.69) is 30.8 Å². The molecule has 5 aromatic heterocycles. The molecule has 3 N–H and O–H groups in total. The van der Waals surface area contributed by atoms with Crippen LogP contribution in [0.15, 0.2) is 88.5 Å². The molecule has 1 atom stereocenters. The minimum absolute atomic E-state index is 0.0375. The van der Waals surface area contributed by atoms with Gasteiger partial charge in [-0.1, -0.05) is 30.3 Å². The summed E-state index contributed by atoms with van der Waals surface area (Å²) in [6.07, 6.45) is 4.94. The predicted octanol–water partition coefficient (Wildman–Crippen LogP) is 4.71. The molecular weight excluding hydrogens is 534 g/mol. The maximum Gasteiger partial charge on any atom is 0.275 e. The molecule has 212 valence electrons. The van der Waals surface area contributed by atoms with Crippen LogP contribution in [0.5, 0.6) is 0 Å². The molecule has 0 aliphatic heterocycles. The summed E-state index contributed by atoms with van der Waals surface area (Å²) in [6.45, 7) is 3.85. The Morgan fingerprint density at radius 2 is 1.79 bits per heavy atom. The monoisotopic (exact) mass is 563 g/mol. The lowest BCUT2D eigenvalue weighted by molar-refractivity contribution is 0.276. The standard InChI is InChI=1S/C30H29N9O3/c1-18(2)39-27-21(30(41)38(39)3)11-12-25(35-27)34-26-14-23(33-24(17-40)19-8-5-4-6-9-19)22(16-32-26)29-37-36-28(42-29)20-10-7-13-31-15-20/h4-16,18,24,40H,17H2,1-3H3,(H2,32,33,34,35)/t24-/m1/s1. The van der Waals surface area contributed by atoms with Gasteiger partial charge < -0.3 is 20.2 Å². The Kier molecular flexibility index (Phi) is 7.19. The van der Waals surface area contributed by atoms with E-state index >= 15 is 0 Å². The van der Waals surface area contributed by atoms with E-state index in [4.69, 9.17) is 9.40 Å². The summed E-state index contributed by atoms with van der Waals surface area (Å²) >= 11 is 0. The van der Waals surface area contributed by atoms with Gasteiger partial charge in [0.05, 0.1) is 34.8 Å². The number of aliphatic hydroxyl groups excluding tert-OH is 1. The minimum Gasteiger partial charge on any atom is -0.416 e. The van der Waals surface area contributed by atoms with E-state index in [0.717, 1.165) is 5.56 Å². The number of pyridine rings is 3. The van der Waals surface area contributed by atoms with Gasteiger partial charge in [0.25, 0.3) is 11.4 Å². The minimum atomic E-state index is -0.416. The van der Waals surface area contributed by atoms with Crippen molar-refractivity contribution < 1.29 is 9.52 Å². The number of aromatic nitrogens is 7. The van der Waals surface area contributed by atoms with Gasteiger partial charge in [0.15, 0.2) is 5.65 Å². The van der Waals surface area contributed by atoms with Crippen molar-refractivity contribution in [2.75, 3.05) is 17.2 Å². The number of rotatable bonds is 9. The first-order valence-electron chi connectivity index (χ1n) is 13.4. The first-order chi connectivity index (χ1) is 20.4. The highest BCUT2D eigenvalue weighted by molar-refractivity contribution is 5.79. The van der Waals surface area contributed by atoms with E-state index in [9.17, 15) is 9.90 Å². The Hall–Kier alpha value is -5.36. The molecule has 12 heteroatoms. The van der Waals surface area contributed by atoms with E-state index in [0.29, 0.717) is 45.4 Å². The van der Waals surface area contributed by atoms with Gasteiger partial charge in [0.2, 0.25) is 5.89 Å². The van der Waals surface area contributed by atoms with Crippen LogP contribution >= 0.6 is 0 Å². The molecule has 0 bridgehead atoms. The Labute approximate surface area is 240 Å². The molecule has 6 rings (SSSR count). The van der Waals surface area contributed by atoms with Crippen LogP contribution in [0.25, 0.3) is 33.9 Å². The quantitative estimate of drug-likeness (QED) is 0.226. The number of hydrogen-bond acceptors (Lipinski definition) is 10. The molecule has 42 heavy (non-hydrogen) atoms. The van der Waals surface area contributed by atoms with Gasteiger partial charge in [-0.2, -0.15) is 0 Å². The van der Waals surface area contributed by atoms with Crippen molar-refractivity contribution in [1.29, 1.82) is 0 Å². The molecule has 0 unspecified atom stereocenters. The molecule has 0 fully saturated rings. The molecule has 12 nitrogen and oxygen atoms in total. The number of aliphatic hydroxyl groups is 1. The largest absolute Gasteiger partial charge is 0.416 e. The summed E-state index contributed by atoms with van der Waals surface area (Å²) in [6, 6.07) is 18.2. The summed E-state index contributed by atoms with van der Waals surface area (Å²) < 4.78 is 9.43. The Bertz CT molecular complexity index is 1900. The Balaban J connectivity index is 1.39. The van der Waals surface area contributed by atoms with Gasteiger partial charge in [-0.05, 0) is 43.7 Å². The average Bonchev–Trinajstić information content (AvgIpc) is 3.60. The van der Waals surface area contributed by atoms with Gasteiger partial charge in [0.1, 0.15) is 11.6 Å². The molecule has 0 saturated heterocycles. The molecule has 0 radical (unpaired) electrons. The maximum atomic E-state index is 12.7. The van der Waals surface area contributed by atoms with Crippen LogP contribution in [-0.2, 0) is 7.05 Å². The van der Waals surface area contributed by atoms with Crippen molar-refractivity contribution in [2.45, 2.75) is 25.9 Å². The lowest BCUT2D eigenvalue weighted by atomic mass is 10.1. The van der Waals surface area contributed by atoms with E-state index in [1.54, 1.807) is 54.6 Å². The lowest BCUT2D eigenvalue weighted by Gasteiger charge is -2.20. The van der Waals surface area contributed by atoms with E-state index in [-0.39, 0.29) is 24.1 Å². The third-order valence-corrected chi connectivity index (χ3v) is 6.87. The summed E-state index contributed by atoms with van der Waals surface area (Å²) in [5, 5.41) is 25.9. The van der Waals surface area contributed by atoms with Crippen LogP contribution in [0.3, 0.4) is 0 Å².